The first-order valence-electron chi connectivity index (χ1n) is 8.32. The van der Waals surface area contributed by atoms with Crippen LogP contribution >= 0.6 is 11.6 Å². The molecule has 0 aliphatic heterocycles. The molecular formula is C18H16ClF2N3O3S. The lowest BCUT2D eigenvalue weighted by Crippen LogP contribution is -2.23. The van der Waals surface area contributed by atoms with Crippen LogP contribution in [0.15, 0.2) is 30.6 Å². The van der Waals surface area contributed by atoms with Gasteiger partial charge in [-0.1, -0.05) is 31.0 Å². The van der Waals surface area contributed by atoms with Crippen LogP contribution < -0.4 is 5.14 Å². The lowest BCUT2D eigenvalue weighted by atomic mass is 9.97. The molecule has 0 bridgehead atoms. The van der Waals surface area contributed by atoms with Crippen molar-refractivity contribution in [2.75, 3.05) is 0 Å². The van der Waals surface area contributed by atoms with Gasteiger partial charge in [0, 0.05) is 28.9 Å². The number of aromatic amines is 1. The zero-order valence-electron chi connectivity index (χ0n) is 14.7. The number of nitrogens with two attached hydrogens (primary N) is 1. The van der Waals surface area contributed by atoms with Gasteiger partial charge in [0.25, 0.3) is 0 Å². The summed E-state index contributed by atoms with van der Waals surface area (Å²) in [6, 6.07) is 3.30. The number of ketones is 1. The number of rotatable bonds is 6. The lowest BCUT2D eigenvalue weighted by molar-refractivity contribution is 0.103. The van der Waals surface area contributed by atoms with Crippen LogP contribution in [0.4, 0.5) is 8.78 Å². The Balaban J connectivity index is 2.19. The second kappa shape index (κ2) is 7.57. The molecule has 3 rings (SSSR count). The van der Waals surface area contributed by atoms with E-state index in [-0.39, 0.29) is 22.6 Å². The highest BCUT2D eigenvalue weighted by Crippen LogP contribution is 2.32. The molecule has 3 N–H and O–H groups in total. The van der Waals surface area contributed by atoms with Crippen molar-refractivity contribution in [1.82, 2.24) is 9.97 Å². The highest BCUT2D eigenvalue weighted by molar-refractivity contribution is 7.89. The Morgan fingerprint density at radius 2 is 2.07 bits per heavy atom. The molecule has 0 radical (unpaired) electrons. The fourth-order valence-corrected chi connectivity index (χ4v) is 4.34. The number of aromatic nitrogens is 2. The number of benzene rings is 1. The molecule has 2 aromatic heterocycles. The zero-order valence-corrected chi connectivity index (χ0v) is 16.2. The number of hydrogen-bond acceptors (Lipinski definition) is 4. The molecule has 0 saturated heterocycles. The van der Waals surface area contributed by atoms with Gasteiger partial charge >= 0.3 is 0 Å². The number of carbonyl (C=O) groups excluding carboxylic acids is 1. The minimum atomic E-state index is -4.16. The van der Waals surface area contributed by atoms with Crippen LogP contribution in [0.1, 0.15) is 46.5 Å². The molecule has 0 fully saturated rings. The molecular weight excluding hydrogens is 412 g/mol. The number of hydrogen-bond donors (Lipinski definition) is 2. The average Bonchev–Trinajstić information content (AvgIpc) is 3.02. The average molecular weight is 428 g/mol. The van der Waals surface area contributed by atoms with Crippen LogP contribution in [-0.4, -0.2) is 24.2 Å². The minimum absolute atomic E-state index is 0.0294. The summed E-state index contributed by atoms with van der Waals surface area (Å²) in [6.45, 7) is 1.70. The van der Waals surface area contributed by atoms with Crippen molar-refractivity contribution in [3.63, 3.8) is 0 Å². The van der Waals surface area contributed by atoms with Crippen molar-refractivity contribution in [3.05, 3.63) is 63.9 Å². The van der Waals surface area contributed by atoms with E-state index in [1.165, 1.54) is 18.5 Å². The Hall–Kier alpha value is -2.36. The van der Waals surface area contributed by atoms with Crippen molar-refractivity contribution in [1.29, 1.82) is 0 Å². The summed E-state index contributed by atoms with van der Waals surface area (Å²) in [5, 5.41) is 4.36. The zero-order chi connectivity index (χ0) is 20.6. The maximum atomic E-state index is 15.1. The number of H-pyrrole nitrogens is 1. The molecule has 3 aromatic rings. The van der Waals surface area contributed by atoms with Gasteiger partial charge in [-0.15, -0.1) is 0 Å². The summed E-state index contributed by atoms with van der Waals surface area (Å²) in [5.74, 6) is -3.32. The highest BCUT2D eigenvalue weighted by atomic mass is 35.5. The van der Waals surface area contributed by atoms with Crippen molar-refractivity contribution in [2.45, 2.75) is 25.0 Å². The largest absolute Gasteiger partial charge is 0.345 e. The van der Waals surface area contributed by atoms with Crippen molar-refractivity contribution >= 4 is 38.4 Å². The Labute approximate surface area is 164 Å². The third-order valence-corrected chi connectivity index (χ3v) is 5.87. The maximum absolute atomic E-state index is 15.1. The number of primary sulfonamides is 1. The second-order valence-corrected chi connectivity index (χ2v) is 8.46. The van der Waals surface area contributed by atoms with E-state index < -0.39 is 38.3 Å². The van der Waals surface area contributed by atoms with E-state index in [0.717, 1.165) is 12.1 Å². The van der Waals surface area contributed by atoms with Gasteiger partial charge in [0.15, 0.2) is 0 Å². The van der Waals surface area contributed by atoms with E-state index >= 15 is 4.39 Å². The molecule has 1 atom stereocenters. The SMILES string of the molecule is CCCC(c1ccc(F)c(C(=O)c2c[nH]c3ncc(Cl)cc23)c1F)S(N)(=O)=O. The molecule has 0 spiro atoms. The van der Waals surface area contributed by atoms with Gasteiger partial charge in [-0.3, -0.25) is 4.79 Å². The summed E-state index contributed by atoms with van der Waals surface area (Å²) in [6.07, 6.45) is 3.05. The number of nitrogens with zero attached hydrogens (tertiary/aromatic N) is 1. The molecule has 0 saturated carbocycles. The number of halogens is 3. The van der Waals surface area contributed by atoms with E-state index in [9.17, 15) is 17.6 Å². The molecule has 28 heavy (non-hydrogen) atoms. The summed E-state index contributed by atoms with van der Waals surface area (Å²) >= 11 is 5.90. The Kier molecular flexibility index (Phi) is 5.51. The third-order valence-electron chi connectivity index (χ3n) is 4.38. The van der Waals surface area contributed by atoms with Crippen LogP contribution in [0.3, 0.4) is 0 Å². The van der Waals surface area contributed by atoms with Gasteiger partial charge in [0.05, 0.1) is 10.6 Å². The van der Waals surface area contributed by atoms with Crippen LogP contribution in [0.2, 0.25) is 5.02 Å². The second-order valence-electron chi connectivity index (χ2n) is 6.27. The predicted octanol–water partition coefficient (Wildman–Crippen LogP) is 3.86. The smallest absolute Gasteiger partial charge is 0.216 e. The van der Waals surface area contributed by atoms with Gasteiger partial charge < -0.3 is 4.98 Å². The van der Waals surface area contributed by atoms with Crippen LogP contribution in [0.25, 0.3) is 11.0 Å². The van der Waals surface area contributed by atoms with Gasteiger partial charge in [0.1, 0.15) is 22.5 Å². The Morgan fingerprint density at radius 1 is 1.36 bits per heavy atom. The summed E-state index contributed by atoms with van der Waals surface area (Å²) in [4.78, 5) is 19.6. The summed E-state index contributed by atoms with van der Waals surface area (Å²) in [5.41, 5.74) is -0.922. The van der Waals surface area contributed by atoms with Crippen molar-refractivity contribution < 1.29 is 22.0 Å². The topological polar surface area (TPSA) is 106 Å². The first-order valence-corrected chi connectivity index (χ1v) is 10.3. The van der Waals surface area contributed by atoms with Crippen LogP contribution in [0, 0.1) is 11.6 Å². The van der Waals surface area contributed by atoms with E-state index in [2.05, 4.69) is 9.97 Å². The van der Waals surface area contributed by atoms with Crippen molar-refractivity contribution in [2.24, 2.45) is 5.14 Å². The van der Waals surface area contributed by atoms with E-state index in [1.807, 2.05) is 0 Å². The minimum Gasteiger partial charge on any atom is -0.345 e. The monoisotopic (exact) mass is 427 g/mol. The lowest BCUT2D eigenvalue weighted by Gasteiger charge is -2.17. The molecule has 2 heterocycles. The molecule has 0 aliphatic rings. The van der Waals surface area contributed by atoms with E-state index in [1.54, 1.807) is 6.92 Å². The van der Waals surface area contributed by atoms with Gasteiger partial charge in [0.2, 0.25) is 15.8 Å². The van der Waals surface area contributed by atoms with E-state index in [0.29, 0.717) is 17.5 Å². The highest BCUT2D eigenvalue weighted by Gasteiger charge is 2.31. The van der Waals surface area contributed by atoms with Crippen LogP contribution in [0.5, 0.6) is 0 Å². The van der Waals surface area contributed by atoms with Crippen molar-refractivity contribution in [3.8, 4) is 0 Å². The Morgan fingerprint density at radius 3 is 2.71 bits per heavy atom. The molecule has 0 aliphatic carbocycles. The standard InChI is InChI=1S/C18H16ClF2N3O3S/c1-2-3-14(28(22,26)27)10-4-5-13(20)15(16(10)21)17(25)12-8-24-18-11(12)6-9(19)7-23-18/h4-8,14H,2-3H2,1H3,(H,23,24)(H2,22,26,27). The fraction of sp³-hybridized carbons (Fsp3) is 0.222. The summed E-state index contributed by atoms with van der Waals surface area (Å²) in [7, 11) is -4.16. The molecule has 6 nitrogen and oxygen atoms in total. The quantitative estimate of drug-likeness (QED) is 0.582. The normalized spacial score (nSPS) is 13.0. The number of carbonyl (C=O) groups is 1. The predicted molar refractivity (Wildman–Crippen MR) is 102 cm³/mol. The first-order chi connectivity index (χ1) is 13.1. The molecule has 10 heteroatoms. The van der Waals surface area contributed by atoms with Gasteiger partial charge in [-0.05, 0) is 18.6 Å². The number of nitrogens with one attached hydrogen (secondary N) is 1. The Bertz CT molecular complexity index is 1180. The maximum Gasteiger partial charge on any atom is 0.216 e. The number of pyridine rings is 1. The molecule has 0 amide bonds. The summed E-state index contributed by atoms with van der Waals surface area (Å²) < 4.78 is 53.3. The fourth-order valence-electron chi connectivity index (χ4n) is 3.08. The number of sulfonamides is 1. The van der Waals surface area contributed by atoms with E-state index in [4.69, 9.17) is 16.7 Å². The molecule has 1 unspecified atom stereocenters. The first kappa shape index (κ1) is 20.4. The number of fused-ring (bicyclic) bond motifs is 1. The third kappa shape index (κ3) is 3.65. The van der Waals surface area contributed by atoms with Crippen LogP contribution in [-0.2, 0) is 10.0 Å². The molecule has 148 valence electrons. The molecule has 1 aromatic carbocycles. The van der Waals surface area contributed by atoms with Gasteiger partial charge in [-0.2, -0.15) is 0 Å². The van der Waals surface area contributed by atoms with Gasteiger partial charge in [-0.25, -0.2) is 27.3 Å².